The predicted molar refractivity (Wildman–Crippen MR) is 80.3 cm³/mol. The van der Waals surface area contributed by atoms with Gasteiger partial charge in [-0.2, -0.15) is 0 Å². The van der Waals surface area contributed by atoms with E-state index in [0.717, 1.165) is 6.42 Å². The molecule has 1 aromatic rings. The number of non-ortho nitro benzene ring substituents is 1. The van der Waals surface area contributed by atoms with Crippen molar-refractivity contribution in [1.82, 2.24) is 10.6 Å². The first-order valence-electron chi connectivity index (χ1n) is 7.08. The molecule has 114 valence electrons. The average molecular weight is 291 g/mol. The Morgan fingerprint density at radius 3 is 2.52 bits per heavy atom. The number of hydrogen-bond donors (Lipinski definition) is 2. The van der Waals surface area contributed by atoms with Crippen LogP contribution >= 0.6 is 0 Å². The molecule has 0 spiro atoms. The van der Waals surface area contributed by atoms with Crippen LogP contribution in [-0.4, -0.2) is 28.5 Å². The van der Waals surface area contributed by atoms with Crippen LogP contribution in [0.25, 0.3) is 0 Å². The maximum Gasteiger partial charge on any atom is 0.269 e. The lowest BCUT2D eigenvalue weighted by atomic mass is 9.91. The van der Waals surface area contributed by atoms with E-state index in [4.69, 9.17) is 0 Å². The van der Waals surface area contributed by atoms with Gasteiger partial charge < -0.3 is 0 Å². The number of Topliss-reactive ketones (excluding diaryl/α,β-unsaturated/α-hetero) is 1. The molecule has 6 nitrogen and oxygen atoms in total. The van der Waals surface area contributed by atoms with E-state index in [-0.39, 0.29) is 23.2 Å². The summed E-state index contributed by atoms with van der Waals surface area (Å²) < 4.78 is 0. The lowest BCUT2D eigenvalue weighted by molar-refractivity contribution is -0.384. The fourth-order valence-electron chi connectivity index (χ4n) is 2.92. The summed E-state index contributed by atoms with van der Waals surface area (Å²) in [7, 11) is 0. The van der Waals surface area contributed by atoms with Gasteiger partial charge in [-0.05, 0) is 39.3 Å². The molecule has 1 heterocycles. The molecule has 1 aromatic carbocycles. The van der Waals surface area contributed by atoms with Gasteiger partial charge in [-0.1, -0.05) is 0 Å². The normalized spacial score (nSPS) is 24.5. The van der Waals surface area contributed by atoms with Crippen molar-refractivity contribution >= 4 is 11.5 Å². The zero-order valence-corrected chi connectivity index (χ0v) is 12.6. The second kappa shape index (κ2) is 5.91. The number of nitrogens with zero attached hydrogens (tertiary/aromatic N) is 1. The number of nitro groups is 1. The number of carbonyl (C=O) groups is 1. The van der Waals surface area contributed by atoms with Gasteiger partial charge in [0, 0.05) is 35.7 Å². The Bertz CT molecular complexity index is 540. The minimum Gasteiger partial charge on any atom is -0.299 e. The number of carbonyl (C=O) groups excluding carboxylic acids is 1. The highest BCUT2D eigenvalue weighted by Gasteiger charge is 2.31. The van der Waals surface area contributed by atoms with Gasteiger partial charge >= 0.3 is 0 Å². The molecule has 6 heteroatoms. The molecule has 1 fully saturated rings. The maximum absolute atomic E-state index is 12.3. The second-order valence-corrected chi connectivity index (χ2v) is 6.28. The molecule has 0 amide bonds. The smallest absolute Gasteiger partial charge is 0.269 e. The van der Waals surface area contributed by atoms with Gasteiger partial charge in [0.1, 0.15) is 0 Å². The average Bonchev–Trinajstić information content (AvgIpc) is 2.36. The van der Waals surface area contributed by atoms with Crippen LogP contribution < -0.4 is 10.6 Å². The van der Waals surface area contributed by atoms with E-state index < -0.39 is 4.92 Å². The van der Waals surface area contributed by atoms with E-state index in [1.54, 1.807) is 0 Å². The number of nitro benzene ring substituents is 1. The summed E-state index contributed by atoms with van der Waals surface area (Å²) in [4.78, 5) is 22.4. The van der Waals surface area contributed by atoms with E-state index in [1.807, 2.05) is 0 Å². The lowest BCUT2D eigenvalue weighted by Crippen LogP contribution is -2.62. The van der Waals surface area contributed by atoms with Crippen molar-refractivity contribution in [2.24, 2.45) is 0 Å². The third-order valence-corrected chi connectivity index (χ3v) is 3.66. The van der Waals surface area contributed by atoms with Crippen molar-refractivity contribution in [3.63, 3.8) is 0 Å². The van der Waals surface area contributed by atoms with Crippen molar-refractivity contribution in [3.05, 3.63) is 39.9 Å². The second-order valence-electron chi connectivity index (χ2n) is 6.28. The number of hydrogen-bond acceptors (Lipinski definition) is 5. The van der Waals surface area contributed by atoms with Gasteiger partial charge in [0.05, 0.1) is 11.1 Å². The SMILES string of the molecule is C[C@@H]1CC(C)(C)N[C@H](CC(=O)c2ccc([N+](=O)[O-])cc2)N1. The van der Waals surface area contributed by atoms with Crippen molar-refractivity contribution < 1.29 is 9.72 Å². The zero-order chi connectivity index (χ0) is 15.6. The Balaban J connectivity index is 2.02. The highest BCUT2D eigenvalue weighted by atomic mass is 16.6. The summed E-state index contributed by atoms with van der Waals surface area (Å²) in [5.41, 5.74) is 0.487. The summed E-state index contributed by atoms with van der Waals surface area (Å²) in [5, 5.41) is 17.4. The predicted octanol–water partition coefficient (Wildman–Crippen LogP) is 2.24. The minimum atomic E-state index is -0.470. The van der Waals surface area contributed by atoms with Crippen molar-refractivity contribution in [3.8, 4) is 0 Å². The van der Waals surface area contributed by atoms with E-state index in [0.29, 0.717) is 18.0 Å². The third-order valence-electron chi connectivity index (χ3n) is 3.66. The first-order chi connectivity index (χ1) is 9.77. The van der Waals surface area contributed by atoms with E-state index in [2.05, 4.69) is 31.4 Å². The molecule has 21 heavy (non-hydrogen) atoms. The Hall–Kier alpha value is -1.79. The number of rotatable bonds is 4. The highest BCUT2D eigenvalue weighted by molar-refractivity contribution is 5.96. The van der Waals surface area contributed by atoms with Crippen LogP contribution in [-0.2, 0) is 0 Å². The maximum atomic E-state index is 12.3. The molecule has 2 N–H and O–H groups in total. The summed E-state index contributed by atoms with van der Waals surface area (Å²) in [6, 6.07) is 6.09. The van der Waals surface area contributed by atoms with Crippen LogP contribution in [0.3, 0.4) is 0 Å². The Labute approximate surface area is 124 Å². The molecule has 0 bridgehead atoms. The van der Waals surface area contributed by atoms with Gasteiger partial charge in [-0.15, -0.1) is 0 Å². The quantitative estimate of drug-likeness (QED) is 0.505. The fourth-order valence-corrected chi connectivity index (χ4v) is 2.92. The third kappa shape index (κ3) is 4.09. The first kappa shape index (κ1) is 15.6. The molecule has 1 aliphatic rings. The van der Waals surface area contributed by atoms with Crippen molar-refractivity contribution in [1.29, 1.82) is 0 Å². The van der Waals surface area contributed by atoms with Crippen LogP contribution in [0.15, 0.2) is 24.3 Å². The fraction of sp³-hybridized carbons (Fsp3) is 0.533. The van der Waals surface area contributed by atoms with Gasteiger partial charge in [0.2, 0.25) is 0 Å². The van der Waals surface area contributed by atoms with Crippen LogP contribution in [0.5, 0.6) is 0 Å². The first-order valence-corrected chi connectivity index (χ1v) is 7.08. The molecule has 0 radical (unpaired) electrons. The zero-order valence-electron chi connectivity index (χ0n) is 12.6. The Morgan fingerprint density at radius 2 is 2.00 bits per heavy atom. The van der Waals surface area contributed by atoms with E-state index in [9.17, 15) is 14.9 Å². The molecular formula is C15H21N3O3. The molecule has 0 aliphatic carbocycles. The van der Waals surface area contributed by atoms with Gasteiger partial charge in [0.25, 0.3) is 5.69 Å². The highest BCUT2D eigenvalue weighted by Crippen LogP contribution is 2.19. The molecule has 1 aliphatic heterocycles. The van der Waals surface area contributed by atoms with Gasteiger partial charge in [-0.3, -0.25) is 25.5 Å². The van der Waals surface area contributed by atoms with Gasteiger partial charge in [-0.25, -0.2) is 0 Å². The number of benzene rings is 1. The minimum absolute atomic E-state index is 0.00442. The van der Waals surface area contributed by atoms with E-state index in [1.165, 1.54) is 24.3 Å². The topological polar surface area (TPSA) is 84.3 Å². The van der Waals surface area contributed by atoms with E-state index >= 15 is 0 Å². The van der Waals surface area contributed by atoms with Crippen molar-refractivity contribution in [2.75, 3.05) is 0 Å². The standard InChI is InChI=1S/C15H21N3O3/c1-10-9-15(2,3)17-14(16-10)8-13(19)11-4-6-12(7-5-11)18(20)21/h4-7,10,14,16-17H,8-9H2,1-3H3/t10-,14-/m1/s1. The monoisotopic (exact) mass is 291 g/mol. The largest absolute Gasteiger partial charge is 0.299 e. The molecule has 0 unspecified atom stereocenters. The lowest BCUT2D eigenvalue weighted by Gasteiger charge is -2.41. The molecule has 2 atom stereocenters. The van der Waals surface area contributed by atoms with Crippen LogP contribution in [0.4, 0.5) is 5.69 Å². The number of nitrogens with one attached hydrogen (secondary N) is 2. The molecule has 0 aromatic heterocycles. The van der Waals surface area contributed by atoms with Gasteiger partial charge in [0.15, 0.2) is 5.78 Å². The summed E-state index contributed by atoms with van der Waals surface area (Å²) >= 11 is 0. The Kier molecular flexibility index (Phi) is 4.39. The molecule has 2 rings (SSSR count). The number of ketones is 1. The van der Waals surface area contributed by atoms with Crippen LogP contribution in [0, 0.1) is 10.1 Å². The summed E-state index contributed by atoms with van der Waals surface area (Å²) in [6.07, 6.45) is 1.24. The molecular weight excluding hydrogens is 270 g/mol. The summed E-state index contributed by atoms with van der Waals surface area (Å²) in [5.74, 6) is -0.0280. The van der Waals surface area contributed by atoms with Crippen molar-refractivity contribution in [2.45, 2.75) is 51.4 Å². The van der Waals surface area contributed by atoms with Crippen LogP contribution in [0.2, 0.25) is 0 Å². The molecule has 0 saturated carbocycles. The molecule has 1 saturated heterocycles. The summed E-state index contributed by atoms with van der Waals surface area (Å²) in [6.45, 7) is 6.34. The van der Waals surface area contributed by atoms with Crippen LogP contribution in [0.1, 0.15) is 44.0 Å². The Morgan fingerprint density at radius 1 is 1.38 bits per heavy atom.